The molecule has 19 heavy (non-hydrogen) atoms. The van der Waals surface area contributed by atoms with Crippen molar-refractivity contribution >= 4 is 11.7 Å². The molecule has 0 amide bonds. The Morgan fingerprint density at radius 3 is 2.37 bits per heavy atom. The van der Waals surface area contributed by atoms with E-state index in [2.05, 4.69) is 0 Å². The number of ether oxygens (including phenoxy) is 1. The van der Waals surface area contributed by atoms with Crippen LogP contribution >= 0.6 is 0 Å². The quantitative estimate of drug-likeness (QED) is 0.676. The largest absolute Gasteiger partial charge is 0.457 e. The second-order valence-electron chi connectivity index (χ2n) is 4.65. The van der Waals surface area contributed by atoms with Crippen molar-refractivity contribution in [3.63, 3.8) is 0 Å². The molecule has 0 unspecified atom stereocenters. The third-order valence-corrected chi connectivity index (χ3v) is 2.92. The van der Waals surface area contributed by atoms with Crippen molar-refractivity contribution in [2.45, 2.75) is 20.5 Å². The van der Waals surface area contributed by atoms with Crippen LogP contribution in [0.1, 0.15) is 27.0 Å². The van der Waals surface area contributed by atoms with Gasteiger partial charge in [0.25, 0.3) is 0 Å². The van der Waals surface area contributed by atoms with Crippen LogP contribution in [-0.4, -0.2) is 5.97 Å². The van der Waals surface area contributed by atoms with E-state index in [1.807, 2.05) is 44.2 Å². The number of carbonyl (C=O) groups excluding carboxylic acids is 1. The fourth-order valence-corrected chi connectivity index (χ4v) is 1.76. The first kappa shape index (κ1) is 13.1. The third kappa shape index (κ3) is 3.35. The van der Waals surface area contributed by atoms with E-state index in [9.17, 15) is 4.79 Å². The molecule has 0 bridgehead atoms. The minimum Gasteiger partial charge on any atom is -0.457 e. The molecule has 0 aliphatic heterocycles. The van der Waals surface area contributed by atoms with E-state index in [0.717, 1.165) is 11.1 Å². The van der Waals surface area contributed by atoms with Crippen molar-refractivity contribution in [2.24, 2.45) is 0 Å². The Balaban J connectivity index is 2.05. The lowest BCUT2D eigenvalue weighted by Crippen LogP contribution is -2.08. The van der Waals surface area contributed by atoms with Crippen molar-refractivity contribution in [3.8, 4) is 0 Å². The Kier molecular flexibility index (Phi) is 3.85. The first-order valence-corrected chi connectivity index (χ1v) is 6.15. The van der Waals surface area contributed by atoms with Gasteiger partial charge in [0.05, 0.1) is 5.56 Å². The molecule has 2 aromatic carbocycles. The van der Waals surface area contributed by atoms with Crippen molar-refractivity contribution in [1.82, 2.24) is 0 Å². The van der Waals surface area contributed by atoms with Crippen LogP contribution in [0.25, 0.3) is 0 Å². The topological polar surface area (TPSA) is 52.3 Å². The molecule has 0 aliphatic carbocycles. The third-order valence-electron chi connectivity index (χ3n) is 2.92. The van der Waals surface area contributed by atoms with Gasteiger partial charge in [-0.3, -0.25) is 0 Å². The summed E-state index contributed by atoms with van der Waals surface area (Å²) in [6.07, 6.45) is 0. The molecule has 2 aromatic rings. The molecule has 2 rings (SSSR count). The van der Waals surface area contributed by atoms with Crippen LogP contribution in [0.5, 0.6) is 0 Å². The van der Waals surface area contributed by atoms with Crippen LogP contribution in [0.15, 0.2) is 42.5 Å². The number of carbonyl (C=O) groups is 1. The van der Waals surface area contributed by atoms with E-state index in [1.54, 1.807) is 12.1 Å². The average molecular weight is 255 g/mol. The molecule has 3 heteroatoms. The molecule has 0 spiro atoms. The molecule has 98 valence electrons. The molecular weight excluding hydrogens is 238 g/mol. The highest BCUT2D eigenvalue weighted by Gasteiger charge is 2.11. The van der Waals surface area contributed by atoms with E-state index in [4.69, 9.17) is 10.5 Å². The second kappa shape index (κ2) is 5.57. The van der Waals surface area contributed by atoms with Crippen LogP contribution in [0, 0.1) is 13.8 Å². The lowest BCUT2D eigenvalue weighted by molar-refractivity contribution is 0.0474. The van der Waals surface area contributed by atoms with Gasteiger partial charge in [0.1, 0.15) is 6.61 Å². The number of benzene rings is 2. The summed E-state index contributed by atoms with van der Waals surface area (Å²) in [5.41, 5.74) is 9.77. The maximum atomic E-state index is 12.0. The van der Waals surface area contributed by atoms with E-state index < -0.39 is 0 Å². The summed E-state index contributed by atoms with van der Waals surface area (Å²) < 4.78 is 5.27. The lowest BCUT2D eigenvalue weighted by atomic mass is 10.1. The monoisotopic (exact) mass is 255 g/mol. The number of anilines is 1. The summed E-state index contributed by atoms with van der Waals surface area (Å²) in [5, 5.41) is 0. The molecule has 0 aliphatic rings. The van der Waals surface area contributed by atoms with Crippen molar-refractivity contribution in [3.05, 3.63) is 64.7 Å². The fraction of sp³-hybridized carbons (Fsp3) is 0.188. The first-order chi connectivity index (χ1) is 9.06. The Labute approximate surface area is 113 Å². The van der Waals surface area contributed by atoms with E-state index >= 15 is 0 Å². The van der Waals surface area contributed by atoms with Crippen LogP contribution in [0.4, 0.5) is 5.69 Å². The molecule has 0 heterocycles. The number of nitrogen functional groups attached to an aromatic ring is 1. The van der Waals surface area contributed by atoms with Crippen LogP contribution in [0.2, 0.25) is 0 Å². The SMILES string of the molecule is Cc1ccc(COC(=O)c2cc(C)ccc2N)cc1. The van der Waals surface area contributed by atoms with Gasteiger partial charge in [-0.25, -0.2) is 4.79 Å². The van der Waals surface area contributed by atoms with Gasteiger partial charge >= 0.3 is 5.97 Å². The van der Waals surface area contributed by atoms with Gasteiger partial charge in [-0.2, -0.15) is 0 Å². The maximum Gasteiger partial charge on any atom is 0.340 e. The average Bonchev–Trinajstić information content (AvgIpc) is 2.40. The van der Waals surface area contributed by atoms with Crippen LogP contribution < -0.4 is 5.73 Å². The first-order valence-electron chi connectivity index (χ1n) is 6.15. The highest BCUT2D eigenvalue weighted by molar-refractivity contribution is 5.95. The summed E-state index contributed by atoms with van der Waals surface area (Å²) in [6, 6.07) is 13.2. The smallest absolute Gasteiger partial charge is 0.340 e. The van der Waals surface area contributed by atoms with Gasteiger partial charge < -0.3 is 10.5 Å². The summed E-state index contributed by atoms with van der Waals surface area (Å²) in [5.74, 6) is -0.387. The van der Waals surface area contributed by atoms with Gasteiger partial charge in [0.15, 0.2) is 0 Å². The zero-order valence-electron chi connectivity index (χ0n) is 11.1. The molecule has 0 saturated carbocycles. The van der Waals surface area contributed by atoms with E-state index in [1.165, 1.54) is 5.56 Å². The highest BCUT2D eigenvalue weighted by Crippen LogP contribution is 2.16. The molecule has 3 nitrogen and oxygen atoms in total. The van der Waals surface area contributed by atoms with Gasteiger partial charge in [-0.15, -0.1) is 0 Å². The van der Waals surface area contributed by atoms with E-state index in [0.29, 0.717) is 11.3 Å². The molecule has 2 N–H and O–H groups in total. The molecule has 0 saturated heterocycles. The van der Waals surface area contributed by atoms with Crippen molar-refractivity contribution in [1.29, 1.82) is 0 Å². The van der Waals surface area contributed by atoms with E-state index in [-0.39, 0.29) is 12.6 Å². The number of esters is 1. The summed E-state index contributed by atoms with van der Waals surface area (Å²) >= 11 is 0. The number of aryl methyl sites for hydroxylation is 2. The Bertz CT molecular complexity index is 588. The number of hydrogen-bond acceptors (Lipinski definition) is 3. The molecule has 0 fully saturated rings. The minimum absolute atomic E-state index is 0.256. The van der Waals surface area contributed by atoms with Gasteiger partial charge in [0, 0.05) is 5.69 Å². The normalized spacial score (nSPS) is 10.2. The zero-order chi connectivity index (χ0) is 13.8. The molecule has 0 aromatic heterocycles. The summed E-state index contributed by atoms with van der Waals surface area (Å²) in [4.78, 5) is 12.0. The second-order valence-corrected chi connectivity index (χ2v) is 4.65. The van der Waals surface area contributed by atoms with Gasteiger partial charge in [0.2, 0.25) is 0 Å². The Morgan fingerprint density at radius 2 is 1.68 bits per heavy atom. The van der Waals surface area contributed by atoms with Crippen molar-refractivity contribution < 1.29 is 9.53 Å². The van der Waals surface area contributed by atoms with Gasteiger partial charge in [-0.05, 0) is 31.5 Å². The number of nitrogens with two attached hydrogens (primary N) is 1. The Morgan fingerprint density at radius 1 is 1.05 bits per heavy atom. The predicted molar refractivity (Wildman–Crippen MR) is 75.9 cm³/mol. The summed E-state index contributed by atoms with van der Waals surface area (Å²) in [6.45, 7) is 4.19. The highest BCUT2D eigenvalue weighted by atomic mass is 16.5. The molecule has 0 atom stereocenters. The number of hydrogen-bond donors (Lipinski definition) is 1. The van der Waals surface area contributed by atoms with Gasteiger partial charge in [-0.1, -0.05) is 41.5 Å². The number of rotatable bonds is 3. The minimum atomic E-state index is -0.387. The Hall–Kier alpha value is -2.29. The lowest BCUT2D eigenvalue weighted by Gasteiger charge is -2.08. The molecular formula is C16H17NO2. The zero-order valence-corrected chi connectivity index (χ0v) is 11.1. The fourth-order valence-electron chi connectivity index (χ4n) is 1.76. The van der Waals surface area contributed by atoms with Crippen molar-refractivity contribution in [2.75, 3.05) is 5.73 Å². The predicted octanol–water partition coefficient (Wildman–Crippen LogP) is 3.24. The maximum absolute atomic E-state index is 12.0. The molecule has 0 radical (unpaired) electrons. The standard InChI is InChI=1S/C16H17NO2/c1-11-3-6-13(7-4-11)10-19-16(18)14-9-12(2)5-8-15(14)17/h3-9H,10,17H2,1-2H3. The van der Waals surface area contributed by atoms with Crippen LogP contribution in [0.3, 0.4) is 0 Å². The van der Waals surface area contributed by atoms with Crippen LogP contribution in [-0.2, 0) is 11.3 Å². The summed E-state index contributed by atoms with van der Waals surface area (Å²) in [7, 11) is 0.